The Balaban J connectivity index is 1.83. The number of nitrogens with zero attached hydrogens (tertiary/aromatic N) is 2. The summed E-state index contributed by atoms with van der Waals surface area (Å²) >= 11 is 0. The topological polar surface area (TPSA) is 51.7 Å². The first-order valence-electron chi connectivity index (χ1n) is 7.72. The van der Waals surface area contributed by atoms with Crippen molar-refractivity contribution < 1.29 is 14.3 Å². The molecule has 2 aliphatic heterocycles. The van der Waals surface area contributed by atoms with E-state index in [4.69, 9.17) is 9.47 Å². The maximum atomic E-state index is 12.8. The Bertz CT molecular complexity index is 788. The van der Waals surface area contributed by atoms with E-state index in [-0.39, 0.29) is 11.9 Å². The van der Waals surface area contributed by atoms with Gasteiger partial charge in [-0.05, 0) is 41.8 Å². The number of aromatic nitrogens is 1. The Labute approximate surface area is 134 Å². The molecule has 1 unspecified atom stereocenters. The van der Waals surface area contributed by atoms with Gasteiger partial charge in [0.15, 0.2) is 11.5 Å². The monoisotopic (exact) mass is 310 g/mol. The van der Waals surface area contributed by atoms with Crippen molar-refractivity contribution in [1.82, 2.24) is 9.88 Å². The summed E-state index contributed by atoms with van der Waals surface area (Å²) in [5, 5.41) is 0. The predicted octanol–water partition coefficient (Wildman–Crippen LogP) is 2.39. The normalized spacial score (nSPS) is 18.8. The summed E-state index contributed by atoms with van der Waals surface area (Å²) in [5.41, 5.74) is 3.96. The van der Waals surface area contributed by atoms with Crippen LogP contribution in [0, 0.1) is 0 Å². The summed E-state index contributed by atoms with van der Waals surface area (Å²) in [6, 6.07) is 7.75. The molecule has 0 saturated heterocycles. The SMILES string of the molecule is COc1cc2c(cc1OC)C1Cc3ncccc3C(=O)N1CC2. The van der Waals surface area contributed by atoms with Gasteiger partial charge in [0.1, 0.15) is 0 Å². The number of pyridine rings is 1. The van der Waals surface area contributed by atoms with E-state index in [9.17, 15) is 4.79 Å². The number of carbonyl (C=O) groups is 1. The Morgan fingerprint density at radius 2 is 2.00 bits per heavy atom. The van der Waals surface area contributed by atoms with Gasteiger partial charge < -0.3 is 14.4 Å². The molecule has 4 rings (SSSR count). The zero-order valence-corrected chi connectivity index (χ0v) is 13.2. The van der Waals surface area contributed by atoms with Gasteiger partial charge in [-0.3, -0.25) is 9.78 Å². The Morgan fingerprint density at radius 3 is 2.78 bits per heavy atom. The van der Waals surface area contributed by atoms with E-state index in [0.29, 0.717) is 5.75 Å². The highest BCUT2D eigenvalue weighted by molar-refractivity contribution is 5.96. The first kappa shape index (κ1) is 14.1. The lowest BCUT2D eigenvalue weighted by Gasteiger charge is -2.41. The zero-order chi connectivity index (χ0) is 16.0. The highest BCUT2D eigenvalue weighted by Crippen LogP contribution is 2.41. The maximum absolute atomic E-state index is 12.8. The molecule has 0 bridgehead atoms. The average Bonchev–Trinajstić information content (AvgIpc) is 2.60. The summed E-state index contributed by atoms with van der Waals surface area (Å²) in [4.78, 5) is 19.1. The van der Waals surface area contributed by atoms with Crippen LogP contribution in [0.5, 0.6) is 11.5 Å². The second-order valence-electron chi connectivity index (χ2n) is 5.87. The molecule has 0 aliphatic carbocycles. The lowest BCUT2D eigenvalue weighted by atomic mass is 9.85. The van der Waals surface area contributed by atoms with Crippen LogP contribution < -0.4 is 9.47 Å². The number of rotatable bonds is 2. The van der Waals surface area contributed by atoms with Crippen molar-refractivity contribution in [3.63, 3.8) is 0 Å². The van der Waals surface area contributed by atoms with E-state index in [0.717, 1.165) is 42.0 Å². The number of methoxy groups -OCH3 is 2. The minimum atomic E-state index is 0.0217. The van der Waals surface area contributed by atoms with Crippen LogP contribution in [0.4, 0.5) is 0 Å². The van der Waals surface area contributed by atoms with Crippen LogP contribution in [-0.4, -0.2) is 36.6 Å². The van der Waals surface area contributed by atoms with E-state index in [1.807, 2.05) is 29.2 Å². The van der Waals surface area contributed by atoms with Gasteiger partial charge in [0.2, 0.25) is 0 Å². The fourth-order valence-electron chi connectivity index (χ4n) is 3.62. The van der Waals surface area contributed by atoms with Crippen molar-refractivity contribution in [2.24, 2.45) is 0 Å². The smallest absolute Gasteiger partial charge is 0.256 e. The standard InChI is InChI=1S/C18H18N2O3/c1-22-16-8-11-5-7-20-15(13(11)9-17(16)23-2)10-14-12(18(20)21)4-3-6-19-14/h3-4,6,8-9,15H,5,7,10H2,1-2H3. The van der Waals surface area contributed by atoms with E-state index in [1.54, 1.807) is 20.4 Å². The molecule has 1 atom stereocenters. The van der Waals surface area contributed by atoms with Gasteiger partial charge in [0.05, 0.1) is 31.5 Å². The molecule has 1 amide bonds. The number of benzene rings is 1. The molecular weight excluding hydrogens is 292 g/mol. The summed E-state index contributed by atoms with van der Waals surface area (Å²) in [6.45, 7) is 0.723. The molecule has 3 heterocycles. The molecule has 118 valence electrons. The third-order valence-electron chi connectivity index (χ3n) is 4.77. The van der Waals surface area contributed by atoms with Crippen LogP contribution in [0.25, 0.3) is 0 Å². The second-order valence-corrected chi connectivity index (χ2v) is 5.87. The van der Waals surface area contributed by atoms with Gasteiger partial charge >= 0.3 is 0 Å². The highest BCUT2D eigenvalue weighted by Gasteiger charge is 2.37. The third kappa shape index (κ3) is 2.07. The second kappa shape index (κ2) is 5.26. The van der Waals surface area contributed by atoms with Crippen LogP contribution in [0.15, 0.2) is 30.5 Å². The molecule has 2 aliphatic rings. The number of hydrogen-bond donors (Lipinski definition) is 0. The fraction of sp³-hybridized carbons (Fsp3) is 0.333. The zero-order valence-electron chi connectivity index (χ0n) is 13.2. The largest absolute Gasteiger partial charge is 0.493 e. The number of amides is 1. The van der Waals surface area contributed by atoms with E-state index in [1.165, 1.54) is 5.56 Å². The maximum Gasteiger partial charge on any atom is 0.256 e. The van der Waals surface area contributed by atoms with Gasteiger partial charge in [-0.25, -0.2) is 0 Å². The molecule has 0 saturated carbocycles. The molecule has 1 aromatic heterocycles. The number of fused-ring (bicyclic) bond motifs is 4. The Morgan fingerprint density at radius 1 is 1.22 bits per heavy atom. The Hall–Kier alpha value is -2.56. The molecule has 0 N–H and O–H groups in total. The van der Waals surface area contributed by atoms with E-state index < -0.39 is 0 Å². The van der Waals surface area contributed by atoms with E-state index >= 15 is 0 Å². The van der Waals surface area contributed by atoms with Crippen molar-refractivity contribution in [1.29, 1.82) is 0 Å². The van der Waals surface area contributed by atoms with Crippen molar-refractivity contribution in [3.8, 4) is 11.5 Å². The van der Waals surface area contributed by atoms with Gasteiger partial charge in [0.25, 0.3) is 5.91 Å². The van der Waals surface area contributed by atoms with Crippen molar-refractivity contribution >= 4 is 5.91 Å². The quantitative estimate of drug-likeness (QED) is 0.854. The summed E-state index contributed by atoms with van der Waals surface area (Å²) in [5.74, 6) is 1.51. The molecule has 5 nitrogen and oxygen atoms in total. The molecule has 2 aromatic rings. The lowest BCUT2D eigenvalue weighted by Crippen LogP contribution is -2.44. The van der Waals surface area contributed by atoms with Crippen molar-refractivity contribution in [3.05, 3.63) is 52.8 Å². The minimum Gasteiger partial charge on any atom is -0.493 e. The van der Waals surface area contributed by atoms with Gasteiger partial charge in [0, 0.05) is 19.2 Å². The average molecular weight is 310 g/mol. The van der Waals surface area contributed by atoms with Crippen LogP contribution >= 0.6 is 0 Å². The van der Waals surface area contributed by atoms with Gasteiger partial charge in [-0.1, -0.05) is 0 Å². The fourth-order valence-corrected chi connectivity index (χ4v) is 3.62. The molecule has 0 radical (unpaired) electrons. The van der Waals surface area contributed by atoms with Gasteiger partial charge in [-0.2, -0.15) is 0 Å². The molecule has 23 heavy (non-hydrogen) atoms. The first-order valence-corrected chi connectivity index (χ1v) is 7.72. The van der Waals surface area contributed by atoms with E-state index in [2.05, 4.69) is 4.98 Å². The number of ether oxygens (including phenoxy) is 2. The Kier molecular flexibility index (Phi) is 3.22. The van der Waals surface area contributed by atoms with Crippen LogP contribution in [0.2, 0.25) is 0 Å². The minimum absolute atomic E-state index is 0.0217. The van der Waals surface area contributed by atoms with Crippen LogP contribution in [-0.2, 0) is 12.8 Å². The van der Waals surface area contributed by atoms with Crippen molar-refractivity contribution in [2.45, 2.75) is 18.9 Å². The van der Waals surface area contributed by atoms with Crippen LogP contribution in [0.3, 0.4) is 0 Å². The molecule has 0 spiro atoms. The highest BCUT2D eigenvalue weighted by atomic mass is 16.5. The van der Waals surface area contributed by atoms with Crippen molar-refractivity contribution in [2.75, 3.05) is 20.8 Å². The first-order chi connectivity index (χ1) is 11.2. The molecule has 1 aromatic carbocycles. The van der Waals surface area contributed by atoms with Crippen LogP contribution in [0.1, 0.15) is 33.2 Å². The summed E-state index contributed by atoms with van der Waals surface area (Å²) < 4.78 is 10.8. The predicted molar refractivity (Wildman–Crippen MR) is 85.0 cm³/mol. The summed E-state index contributed by atoms with van der Waals surface area (Å²) in [7, 11) is 3.28. The third-order valence-corrected chi connectivity index (χ3v) is 4.77. The summed E-state index contributed by atoms with van der Waals surface area (Å²) in [6.07, 6.45) is 3.32. The number of hydrogen-bond acceptors (Lipinski definition) is 4. The molecular formula is C18H18N2O3. The van der Waals surface area contributed by atoms with Gasteiger partial charge in [-0.15, -0.1) is 0 Å². The molecule has 0 fully saturated rings. The number of carbonyl (C=O) groups excluding carboxylic acids is 1. The lowest BCUT2D eigenvalue weighted by molar-refractivity contribution is 0.0628. The molecule has 5 heteroatoms.